The number of hydrogen-bond acceptors (Lipinski definition) is 5. The molecule has 1 unspecified atom stereocenters. The van der Waals surface area contributed by atoms with Gasteiger partial charge in [0.2, 0.25) is 5.91 Å². The number of nitrogens with one attached hydrogen (secondary N) is 3. The highest BCUT2D eigenvalue weighted by molar-refractivity contribution is 8.00. The Hall–Kier alpha value is -5.67. The van der Waals surface area contributed by atoms with Crippen molar-refractivity contribution in [3.05, 3.63) is 143 Å². The summed E-state index contributed by atoms with van der Waals surface area (Å²) in [6.45, 7) is 3.53. The quantitative estimate of drug-likeness (QED) is 0.0944. The Morgan fingerprint density at radius 1 is 0.761 bits per heavy atom. The molecule has 0 aliphatic rings. The molecule has 0 radical (unpaired) electrons. The number of rotatable bonds is 10. The molecule has 0 bridgehead atoms. The molecule has 0 spiro atoms. The number of carboxylic acids is 1. The van der Waals surface area contributed by atoms with Gasteiger partial charge in [-0.1, -0.05) is 72.8 Å². The third-order valence-electron chi connectivity index (χ3n) is 7.17. The van der Waals surface area contributed by atoms with Crippen LogP contribution in [0.5, 0.6) is 0 Å². The Morgan fingerprint density at radius 3 is 2.26 bits per heavy atom. The molecule has 0 heterocycles. The number of benzene rings is 5. The summed E-state index contributed by atoms with van der Waals surface area (Å²) in [5.74, 6) is -2.31. The smallest absolute Gasteiger partial charge is 0.335 e. The van der Waals surface area contributed by atoms with Crippen molar-refractivity contribution in [1.29, 1.82) is 0 Å². The molecule has 1 atom stereocenters. The lowest BCUT2D eigenvalue weighted by Gasteiger charge is -2.15. The molecule has 5 aromatic rings. The van der Waals surface area contributed by atoms with Crippen LogP contribution in [-0.2, 0) is 9.59 Å². The molecule has 3 amide bonds. The fraction of sp³-hybridized carbons (Fsp3) is 0.0811. The highest BCUT2D eigenvalue weighted by Crippen LogP contribution is 2.28. The van der Waals surface area contributed by atoms with Gasteiger partial charge in [-0.15, -0.1) is 11.8 Å². The highest BCUT2D eigenvalue weighted by atomic mass is 32.2. The van der Waals surface area contributed by atoms with Crippen LogP contribution in [0, 0.1) is 6.92 Å². The molecule has 46 heavy (non-hydrogen) atoms. The zero-order valence-electron chi connectivity index (χ0n) is 25.1. The fourth-order valence-electron chi connectivity index (χ4n) is 4.70. The van der Waals surface area contributed by atoms with Gasteiger partial charge in [0.1, 0.15) is 5.70 Å². The van der Waals surface area contributed by atoms with Gasteiger partial charge in [-0.05, 0) is 84.3 Å². The molecule has 5 rings (SSSR count). The zero-order valence-corrected chi connectivity index (χ0v) is 25.9. The zero-order chi connectivity index (χ0) is 32.6. The third-order valence-corrected chi connectivity index (χ3v) is 8.26. The number of amides is 3. The highest BCUT2D eigenvalue weighted by Gasteiger charge is 2.19. The summed E-state index contributed by atoms with van der Waals surface area (Å²) >= 11 is 1.28. The molecular weight excluding hydrogens is 598 g/mol. The molecule has 0 aliphatic heterocycles. The van der Waals surface area contributed by atoms with Crippen LogP contribution in [0.1, 0.15) is 38.8 Å². The van der Waals surface area contributed by atoms with E-state index in [2.05, 4.69) is 16.0 Å². The number of fused-ring (bicyclic) bond motifs is 1. The molecule has 0 aliphatic carbocycles. The Balaban J connectivity index is 1.34. The third kappa shape index (κ3) is 7.88. The predicted octanol–water partition coefficient (Wildman–Crippen LogP) is 7.38. The lowest BCUT2D eigenvalue weighted by Crippen LogP contribution is -2.30. The van der Waals surface area contributed by atoms with E-state index in [9.17, 15) is 24.3 Å². The number of anilines is 2. The molecule has 0 fully saturated rings. The van der Waals surface area contributed by atoms with Crippen LogP contribution in [0.4, 0.5) is 11.4 Å². The second-order valence-electron chi connectivity index (χ2n) is 10.5. The van der Waals surface area contributed by atoms with Crippen LogP contribution in [0.15, 0.2) is 126 Å². The van der Waals surface area contributed by atoms with Crippen molar-refractivity contribution < 1.29 is 24.3 Å². The van der Waals surface area contributed by atoms with Gasteiger partial charge < -0.3 is 21.1 Å². The second-order valence-corrected chi connectivity index (χ2v) is 11.9. The van der Waals surface area contributed by atoms with E-state index in [-0.39, 0.29) is 17.2 Å². The molecule has 0 saturated heterocycles. The van der Waals surface area contributed by atoms with Crippen molar-refractivity contribution in [2.24, 2.45) is 0 Å². The maximum atomic E-state index is 13.7. The Kier molecular flexibility index (Phi) is 9.94. The summed E-state index contributed by atoms with van der Waals surface area (Å²) in [6, 6.07) is 33.8. The van der Waals surface area contributed by atoms with Gasteiger partial charge in [-0.25, -0.2) is 4.79 Å². The SMILES string of the molecule is Cc1ccc(C(=O)O)cc1NC(=O)C(C)Sc1cccc(NC(=O)/C(=C\c2cccc3ccccc23)NC(=O)c2ccccc2)c1. The number of carbonyl (C=O) groups excluding carboxylic acids is 3. The number of thioether (sulfide) groups is 1. The molecule has 4 N–H and O–H groups in total. The van der Waals surface area contributed by atoms with Gasteiger partial charge in [-0.2, -0.15) is 0 Å². The van der Waals surface area contributed by atoms with Gasteiger partial charge in [0.05, 0.1) is 10.8 Å². The molecule has 0 saturated carbocycles. The minimum atomic E-state index is -1.08. The Bertz CT molecular complexity index is 1970. The first-order chi connectivity index (χ1) is 22.2. The van der Waals surface area contributed by atoms with Crippen LogP contribution in [0.2, 0.25) is 0 Å². The largest absolute Gasteiger partial charge is 0.478 e. The number of carboxylic acid groups (broad SMARTS) is 1. The van der Waals surface area contributed by atoms with Gasteiger partial charge in [0, 0.05) is 21.8 Å². The predicted molar refractivity (Wildman–Crippen MR) is 183 cm³/mol. The average Bonchev–Trinajstić information content (AvgIpc) is 3.06. The van der Waals surface area contributed by atoms with Crippen LogP contribution < -0.4 is 16.0 Å². The van der Waals surface area contributed by atoms with E-state index in [1.807, 2.05) is 54.6 Å². The summed E-state index contributed by atoms with van der Waals surface area (Å²) in [5.41, 5.74) is 2.98. The summed E-state index contributed by atoms with van der Waals surface area (Å²) in [6.07, 6.45) is 1.66. The lowest BCUT2D eigenvalue weighted by molar-refractivity contribution is -0.115. The van der Waals surface area contributed by atoms with Crippen molar-refractivity contribution >= 4 is 63.7 Å². The maximum absolute atomic E-state index is 13.7. The number of aryl methyl sites for hydroxylation is 1. The fourth-order valence-corrected chi connectivity index (χ4v) is 5.63. The van der Waals surface area contributed by atoms with Gasteiger partial charge >= 0.3 is 5.97 Å². The minimum Gasteiger partial charge on any atom is -0.478 e. The van der Waals surface area contributed by atoms with E-state index < -0.39 is 23.0 Å². The normalized spacial score (nSPS) is 11.8. The summed E-state index contributed by atoms with van der Waals surface area (Å²) in [5, 5.41) is 19.2. The van der Waals surface area contributed by atoms with Crippen molar-refractivity contribution in [2.75, 3.05) is 10.6 Å². The van der Waals surface area contributed by atoms with E-state index in [1.54, 1.807) is 68.5 Å². The first-order valence-electron chi connectivity index (χ1n) is 14.5. The van der Waals surface area contributed by atoms with Crippen molar-refractivity contribution in [2.45, 2.75) is 24.0 Å². The Labute approximate surface area is 270 Å². The van der Waals surface area contributed by atoms with Crippen LogP contribution in [0.25, 0.3) is 16.8 Å². The van der Waals surface area contributed by atoms with Crippen molar-refractivity contribution in [3.8, 4) is 0 Å². The first-order valence-corrected chi connectivity index (χ1v) is 15.3. The van der Waals surface area contributed by atoms with E-state index >= 15 is 0 Å². The monoisotopic (exact) mass is 629 g/mol. The molecule has 8 nitrogen and oxygen atoms in total. The molecular formula is C37H31N3O5S. The summed E-state index contributed by atoms with van der Waals surface area (Å²) in [4.78, 5) is 51.9. The van der Waals surface area contributed by atoms with E-state index in [0.29, 0.717) is 16.9 Å². The molecule has 9 heteroatoms. The number of hydrogen-bond donors (Lipinski definition) is 4. The Morgan fingerprint density at radius 2 is 1.48 bits per heavy atom. The molecule has 0 aromatic heterocycles. The topological polar surface area (TPSA) is 125 Å². The van der Waals surface area contributed by atoms with Crippen LogP contribution in [-0.4, -0.2) is 34.0 Å². The number of aromatic carboxylic acids is 1. The number of carbonyl (C=O) groups is 4. The maximum Gasteiger partial charge on any atom is 0.335 e. The molecule has 5 aromatic carbocycles. The average molecular weight is 630 g/mol. The minimum absolute atomic E-state index is 0.0648. The van der Waals surface area contributed by atoms with E-state index in [1.165, 1.54) is 23.9 Å². The van der Waals surface area contributed by atoms with Crippen molar-refractivity contribution in [1.82, 2.24) is 5.32 Å². The van der Waals surface area contributed by atoms with E-state index in [0.717, 1.165) is 26.8 Å². The van der Waals surface area contributed by atoms with E-state index in [4.69, 9.17) is 0 Å². The van der Waals surface area contributed by atoms with Gasteiger partial charge in [0.25, 0.3) is 11.8 Å². The van der Waals surface area contributed by atoms with Gasteiger partial charge in [0.15, 0.2) is 0 Å². The summed E-state index contributed by atoms with van der Waals surface area (Å²) < 4.78 is 0. The van der Waals surface area contributed by atoms with Crippen molar-refractivity contribution in [3.63, 3.8) is 0 Å². The molecule has 230 valence electrons. The first kappa shape index (κ1) is 31.7. The lowest BCUT2D eigenvalue weighted by atomic mass is 10.0. The van der Waals surface area contributed by atoms with Crippen LogP contribution >= 0.6 is 11.8 Å². The standard InChI is InChI=1S/C37H31N3O5S/c1-23-18-19-28(37(44)45)21-32(23)39-34(41)24(2)46-30-16-9-15-29(22-30)38-36(43)33(40-35(42)26-11-4-3-5-12-26)20-27-14-8-13-25-10-6-7-17-31(25)27/h3-22,24H,1-2H3,(H,38,43)(H,39,41)(H,40,42)(H,44,45)/b33-20+. The van der Waals surface area contributed by atoms with Crippen LogP contribution in [0.3, 0.4) is 0 Å². The second kappa shape index (κ2) is 14.4. The summed E-state index contributed by atoms with van der Waals surface area (Å²) in [7, 11) is 0. The van der Waals surface area contributed by atoms with Gasteiger partial charge in [-0.3, -0.25) is 14.4 Å².